The van der Waals surface area contributed by atoms with Crippen LogP contribution >= 0.6 is 22.6 Å². The molecule has 1 amide bonds. The minimum Gasteiger partial charge on any atom is -0.497 e. The van der Waals surface area contributed by atoms with Gasteiger partial charge in [0, 0.05) is 15.7 Å². The van der Waals surface area contributed by atoms with Gasteiger partial charge >= 0.3 is 0 Å². The van der Waals surface area contributed by atoms with Gasteiger partial charge in [0.2, 0.25) is 0 Å². The zero-order valence-electron chi connectivity index (χ0n) is 10.2. The van der Waals surface area contributed by atoms with Gasteiger partial charge in [-0.25, -0.2) is 0 Å². The molecule has 1 aromatic carbocycles. The molecule has 0 saturated heterocycles. The highest BCUT2D eigenvalue weighted by Gasteiger charge is 2.20. The highest BCUT2D eigenvalue weighted by atomic mass is 127. The summed E-state index contributed by atoms with van der Waals surface area (Å²) in [5, 5.41) is 2.89. The van der Waals surface area contributed by atoms with Crippen molar-refractivity contribution in [1.82, 2.24) is 5.32 Å². The van der Waals surface area contributed by atoms with Crippen LogP contribution in [-0.4, -0.2) is 25.1 Å². The molecule has 3 N–H and O–H groups in total. The van der Waals surface area contributed by atoms with Crippen LogP contribution < -0.4 is 15.8 Å². The third-order valence-corrected chi connectivity index (χ3v) is 3.28. The van der Waals surface area contributed by atoms with E-state index in [-0.39, 0.29) is 5.91 Å². The number of carbonyl (C=O) groups is 1. The van der Waals surface area contributed by atoms with Crippen LogP contribution in [0.25, 0.3) is 0 Å². The molecule has 0 unspecified atom stereocenters. The molecule has 17 heavy (non-hydrogen) atoms. The van der Waals surface area contributed by atoms with Crippen molar-refractivity contribution in [3.05, 3.63) is 27.3 Å². The number of nitrogens with two attached hydrogens (primary N) is 1. The van der Waals surface area contributed by atoms with Gasteiger partial charge in [0.1, 0.15) is 5.75 Å². The van der Waals surface area contributed by atoms with Crippen LogP contribution in [0.4, 0.5) is 0 Å². The Labute approximate surface area is 115 Å². The Bertz CT molecular complexity index is 419. The molecule has 0 spiro atoms. The zero-order valence-corrected chi connectivity index (χ0v) is 12.4. The first-order chi connectivity index (χ1) is 7.89. The molecule has 1 aromatic rings. The highest BCUT2D eigenvalue weighted by Crippen LogP contribution is 2.20. The Morgan fingerprint density at radius 1 is 1.53 bits per heavy atom. The molecule has 0 radical (unpaired) electrons. The van der Waals surface area contributed by atoms with E-state index in [2.05, 4.69) is 27.9 Å². The molecule has 0 fully saturated rings. The molecular formula is C12H17IN2O2. The molecule has 0 bridgehead atoms. The van der Waals surface area contributed by atoms with E-state index in [9.17, 15) is 4.79 Å². The number of ether oxygens (including phenoxy) is 1. The van der Waals surface area contributed by atoms with Gasteiger partial charge in [-0.15, -0.1) is 0 Å². The zero-order chi connectivity index (χ0) is 13.1. The van der Waals surface area contributed by atoms with E-state index >= 15 is 0 Å². The van der Waals surface area contributed by atoms with Crippen LogP contribution in [0.3, 0.4) is 0 Å². The number of rotatable bonds is 4. The van der Waals surface area contributed by atoms with Gasteiger partial charge in [0.15, 0.2) is 0 Å². The summed E-state index contributed by atoms with van der Waals surface area (Å²) in [6.07, 6.45) is 0. The predicted octanol–water partition coefficient (Wildman–Crippen LogP) is 1.77. The maximum Gasteiger partial charge on any atom is 0.252 e. The number of halogens is 1. The lowest BCUT2D eigenvalue weighted by Gasteiger charge is -2.24. The Kier molecular flexibility index (Phi) is 4.76. The first-order valence-corrected chi connectivity index (χ1v) is 6.33. The molecule has 0 aliphatic heterocycles. The Balaban J connectivity index is 2.90. The molecule has 0 atom stereocenters. The van der Waals surface area contributed by atoms with Crippen molar-refractivity contribution in [1.29, 1.82) is 0 Å². The molecular weight excluding hydrogens is 331 g/mol. The summed E-state index contributed by atoms with van der Waals surface area (Å²) in [6.45, 7) is 4.17. The van der Waals surface area contributed by atoms with Crippen molar-refractivity contribution in [2.45, 2.75) is 19.4 Å². The van der Waals surface area contributed by atoms with E-state index in [4.69, 9.17) is 10.5 Å². The largest absolute Gasteiger partial charge is 0.497 e. The van der Waals surface area contributed by atoms with E-state index in [1.165, 1.54) is 0 Å². The number of methoxy groups -OCH3 is 1. The number of hydrogen-bond donors (Lipinski definition) is 2. The summed E-state index contributed by atoms with van der Waals surface area (Å²) in [5.41, 5.74) is 5.81. The number of nitrogens with one attached hydrogen (secondary N) is 1. The van der Waals surface area contributed by atoms with Crippen molar-refractivity contribution >= 4 is 28.5 Å². The lowest BCUT2D eigenvalue weighted by molar-refractivity contribution is 0.0915. The van der Waals surface area contributed by atoms with Crippen molar-refractivity contribution in [3.8, 4) is 5.75 Å². The second kappa shape index (κ2) is 5.68. The third kappa shape index (κ3) is 3.85. The van der Waals surface area contributed by atoms with Crippen LogP contribution in [0.2, 0.25) is 0 Å². The standard InChI is InChI=1S/C12H17IN2O2/c1-12(2,7-14)15-11(16)9-5-4-8(17-3)6-10(9)13/h4-6H,7,14H2,1-3H3,(H,15,16). The Morgan fingerprint density at radius 3 is 2.65 bits per heavy atom. The Hall–Kier alpha value is -0.820. The molecule has 5 heteroatoms. The minimum absolute atomic E-state index is 0.118. The van der Waals surface area contributed by atoms with E-state index in [1.807, 2.05) is 19.9 Å². The third-order valence-electron chi connectivity index (χ3n) is 2.38. The molecule has 0 aromatic heterocycles. The summed E-state index contributed by atoms with van der Waals surface area (Å²) in [4.78, 5) is 12.0. The number of carbonyl (C=O) groups excluding carboxylic acids is 1. The first kappa shape index (κ1) is 14.2. The monoisotopic (exact) mass is 348 g/mol. The molecule has 0 aliphatic rings. The van der Waals surface area contributed by atoms with Crippen LogP contribution in [0.5, 0.6) is 5.75 Å². The fourth-order valence-electron chi connectivity index (χ4n) is 1.23. The van der Waals surface area contributed by atoms with Gasteiger partial charge in [-0.3, -0.25) is 4.79 Å². The van der Waals surface area contributed by atoms with Crippen molar-refractivity contribution in [2.75, 3.05) is 13.7 Å². The summed E-state index contributed by atoms with van der Waals surface area (Å²) in [5.74, 6) is 0.622. The van der Waals surface area contributed by atoms with Gasteiger partial charge < -0.3 is 15.8 Å². The highest BCUT2D eigenvalue weighted by molar-refractivity contribution is 14.1. The fraction of sp³-hybridized carbons (Fsp3) is 0.417. The molecule has 1 rings (SSSR count). The van der Waals surface area contributed by atoms with Crippen molar-refractivity contribution in [3.63, 3.8) is 0 Å². The van der Waals surface area contributed by atoms with Crippen molar-refractivity contribution in [2.24, 2.45) is 5.73 Å². The average molecular weight is 348 g/mol. The molecule has 0 heterocycles. The van der Waals surface area contributed by atoms with Crippen molar-refractivity contribution < 1.29 is 9.53 Å². The van der Waals surface area contributed by atoms with E-state index in [1.54, 1.807) is 19.2 Å². The predicted molar refractivity (Wildman–Crippen MR) is 76.3 cm³/mol. The van der Waals surface area contributed by atoms with Gasteiger partial charge in [-0.05, 0) is 54.6 Å². The molecule has 0 aliphatic carbocycles. The number of amides is 1. The van der Waals surface area contributed by atoms with Gasteiger partial charge in [0.05, 0.1) is 12.7 Å². The van der Waals surface area contributed by atoms with Crippen LogP contribution in [0, 0.1) is 3.57 Å². The fourth-order valence-corrected chi connectivity index (χ4v) is 1.96. The lowest BCUT2D eigenvalue weighted by Crippen LogP contribution is -2.49. The van der Waals surface area contributed by atoms with E-state index in [0.29, 0.717) is 12.1 Å². The number of hydrogen-bond acceptors (Lipinski definition) is 3. The normalized spacial score (nSPS) is 11.1. The topological polar surface area (TPSA) is 64.3 Å². The second-order valence-corrected chi connectivity index (χ2v) is 5.55. The SMILES string of the molecule is COc1ccc(C(=O)NC(C)(C)CN)c(I)c1. The minimum atomic E-state index is -0.403. The summed E-state index contributed by atoms with van der Waals surface area (Å²) >= 11 is 2.12. The smallest absolute Gasteiger partial charge is 0.252 e. The van der Waals surface area contributed by atoms with E-state index < -0.39 is 5.54 Å². The first-order valence-electron chi connectivity index (χ1n) is 5.26. The van der Waals surface area contributed by atoms with E-state index in [0.717, 1.165) is 9.32 Å². The lowest BCUT2D eigenvalue weighted by atomic mass is 10.1. The average Bonchev–Trinajstić information content (AvgIpc) is 2.28. The quantitative estimate of drug-likeness (QED) is 0.816. The molecule has 94 valence electrons. The van der Waals surface area contributed by atoms with Gasteiger partial charge in [-0.2, -0.15) is 0 Å². The maximum absolute atomic E-state index is 12.0. The van der Waals surface area contributed by atoms with Crippen LogP contribution in [-0.2, 0) is 0 Å². The Morgan fingerprint density at radius 2 is 2.18 bits per heavy atom. The summed E-state index contributed by atoms with van der Waals surface area (Å²) in [6, 6.07) is 5.35. The maximum atomic E-state index is 12.0. The van der Waals surface area contributed by atoms with Crippen LogP contribution in [0.15, 0.2) is 18.2 Å². The van der Waals surface area contributed by atoms with Gasteiger partial charge in [-0.1, -0.05) is 0 Å². The summed E-state index contributed by atoms with van der Waals surface area (Å²) in [7, 11) is 1.60. The number of benzene rings is 1. The molecule has 4 nitrogen and oxygen atoms in total. The van der Waals surface area contributed by atoms with Crippen LogP contribution in [0.1, 0.15) is 24.2 Å². The van der Waals surface area contributed by atoms with Gasteiger partial charge in [0.25, 0.3) is 5.91 Å². The second-order valence-electron chi connectivity index (χ2n) is 4.39. The summed E-state index contributed by atoms with van der Waals surface area (Å²) < 4.78 is 5.95. The molecule has 0 saturated carbocycles.